The lowest BCUT2D eigenvalue weighted by Crippen LogP contribution is -2.72. The normalized spacial score (nSPS) is 27.1. The maximum Gasteiger partial charge on any atom is 0.493 e. The van der Waals surface area contributed by atoms with E-state index in [0.717, 1.165) is 25.3 Å². The Kier molecular flexibility index (Phi) is 6.14. The summed E-state index contributed by atoms with van der Waals surface area (Å²) in [6, 6.07) is 3.64. The molecular weight excluding hydrogens is 512 g/mol. The summed E-state index contributed by atoms with van der Waals surface area (Å²) in [6.07, 6.45) is -2.51. The van der Waals surface area contributed by atoms with Gasteiger partial charge in [-0.15, -0.1) is 5.17 Å². The minimum atomic E-state index is -5.30. The number of hydrogen-bond donors (Lipinski definition) is 1. The van der Waals surface area contributed by atoms with Gasteiger partial charge < -0.3 is 14.6 Å². The lowest BCUT2D eigenvalue weighted by atomic mass is 9.49. The zero-order valence-electron chi connectivity index (χ0n) is 20.7. The summed E-state index contributed by atoms with van der Waals surface area (Å²) in [5, 5.41) is 0.362. The Morgan fingerprint density at radius 3 is 2.42 bits per heavy atom. The first-order chi connectivity index (χ1) is 17.8. The number of rotatable bonds is 5. The average Bonchev–Trinajstić information content (AvgIpc) is 2.79. The van der Waals surface area contributed by atoms with Crippen LogP contribution >= 0.6 is 0 Å². The molecule has 1 saturated heterocycles. The third-order valence-corrected chi connectivity index (χ3v) is 8.08. The minimum Gasteiger partial charge on any atom is -0.334 e. The number of hydroxylamine groups is 1. The van der Waals surface area contributed by atoms with Gasteiger partial charge in [0.05, 0.1) is 17.2 Å². The van der Waals surface area contributed by atoms with Crippen molar-refractivity contribution in [2.24, 2.45) is 11.8 Å². The first-order valence-electron chi connectivity index (χ1n) is 12.3. The Morgan fingerprint density at radius 2 is 1.84 bits per heavy atom. The second-order valence-electron chi connectivity index (χ2n) is 10.5. The van der Waals surface area contributed by atoms with Gasteiger partial charge in [-0.3, -0.25) is 14.4 Å². The number of hydrazine groups is 1. The van der Waals surface area contributed by atoms with Gasteiger partial charge in [-0.1, -0.05) is 6.07 Å². The van der Waals surface area contributed by atoms with Crippen molar-refractivity contribution < 1.29 is 41.6 Å². The standard InChI is InChI=1S/C25H26F4N4O5/c1-13-14(2)21(35)30-33(38-23(37)25(27,28)29)19(13)8-15-3-4-18(26)17(7-15)22(36)31-5-6-32(20(34)12-31)24-9-16(10-24)11-24/h3-4,7,14,16H,5-6,8-12H2,1-2H3,(H,30,35). The van der Waals surface area contributed by atoms with Crippen LogP contribution < -0.4 is 5.43 Å². The maximum absolute atomic E-state index is 14.7. The van der Waals surface area contributed by atoms with Crippen LogP contribution in [0.25, 0.3) is 0 Å². The highest BCUT2D eigenvalue weighted by Crippen LogP contribution is 2.60. The molecule has 204 valence electrons. The van der Waals surface area contributed by atoms with Gasteiger partial charge in [-0.05, 0) is 62.3 Å². The largest absolute Gasteiger partial charge is 0.493 e. The zero-order valence-corrected chi connectivity index (χ0v) is 20.7. The van der Waals surface area contributed by atoms with Crippen molar-refractivity contribution in [3.63, 3.8) is 0 Å². The van der Waals surface area contributed by atoms with Crippen LogP contribution in [0.1, 0.15) is 49.0 Å². The summed E-state index contributed by atoms with van der Waals surface area (Å²) >= 11 is 0. The number of benzene rings is 1. The smallest absolute Gasteiger partial charge is 0.334 e. The van der Waals surface area contributed by atoms with Gasteiger partial charge in [-0.2, -0.15) is 13.2 Å². The Morgan fingerprint density at radius 1 is 1.16 bits per heavy atom. The summed E-state index contributed by atoms with van der Waals surface area (Å²) in [4.78, 5) is 57.1. The van der Waals surface area contributed by atoms with Crippen molar-refractivity contribution in [2.75, 3.05) is 19.6 Å². The SMILES string of the molecule is CC1=C(Cc2ccc(F)c(C(=O)N3CCN(C45CC(C4)C5)C(=O)C3)c2)N(OC(=O)C(F)(F)F)NC(=O)C1C. The first kappa shape index (κ1) is 26.0. The van der Waals surface area contributed by atoms with E-state index in [4.69, 9.17) is 0 Å². The predicted molar refractivity (Wildman–Crippen MR) is 122 cm³/mol. The summed E-state index contributed by atoms with van der Waals surface area (Å²) in [5.74, 6) is -4.93. The highest BCUT2D eigenvalue weighted by molar-refractivity contribution is 5.97. The molecule has 0 aromatic heterocycles. The fourth-order valence-electron chi connectivity index (χ4n) is 5.62. The van der Waals surface area contributed by atoms with E-state index in [9.17, 15) is 36.7 Å². The van der Waals surface area contributed by atoms with E-state index in [1.807, 2.05) is 4.90 Å². The molecule has 0 radical (unpaired) electrons. The molecule has 4 fully saturated rings. The number of allylic oxidation sites excluding steroid dienone is 1. The van der Waals surface area contributed by atoms with Gasteiger partial charge in [0, 0.05) is 25.0 Å². The molecule has 6 rings (SSSR count). The molecule has 2 bridgehead atoms. The zero-order chi connectivity index (χ0) is 27.6. The number of alkyl halides is 3. The molecule has 1 aromatic carbocycles. The Labute approximate surface area is 215 Å². The van der Waals surface area contributed by atoms with Crippen LogP contribution in [-0.2, 0) is 25.6 Å². The van der Waals surface area contributed by atoms with E-state index in [-0.39, 0.29) is 42.2 Å². The van der Waals surface area contributed by atoms with Crippen LogP contribution in [0, 0.1) is 17.7 Å². The van der Waals surface area contributed by atoms with Crippen molar-refractivity contribution in [3.8, 4) is 0 Å². The Balaban J connectivity index is 1.34. The van der Waals surface area contributed by atoms with Gasteiger partial charge in [0.2, 0.25) is 11.8 Å². The third-order valence-electron chi connectivity index (χ3n) is 8.08. The molecule has 13 heteroatoms. The van der Waals surface area contributed by atoms with Crippen LogP contribution in [0.2, 0.25) is 0 Å². The quantitative estimate of drug-likeness (QED) is 0.579. The van der Waals surface area contributed by atoms with Crippen LogP contribution in [0.4, 0.5) is 17.6 Å². The van der Waals surface area contributed by atoms with Gasteiger partial charge in [-0.25, -0.2) is 14.6 Å². The number of hydrogen-bond acceptors (Lipinski definition) is 6. The van der Waals surface area contributed by atoms with Crippen LogP contribution in [0.5, 0.6) is 0 Å². The van der Waals surface area contributed by atoms with Crippen molar-refractivity contribution in [3.05, 3.63) is 46.4 Å². The maximum atomic E-state index is 14.7. The molecule has 3 aliphatic carbocycles. The topological polar surface area (TPSA) is 99.3 Å². The van der Waals surface area contributed by atoms with Crippen molar-refractivity contribution in [1.82, 2.24) is 20.4 Å². The third kappa shape index (κ3) is 4.37. The molecule has 3 amide bonds. The number of amides is 3. The minimum absolute atomic E-state index is 0.0297. The molecular formula is C25H26F4N4O5. The first-order valence-corrected chi connectivity index (χ1v) is 12.3. The van der Waals surface area contributed by atoms with E-state index in [1.54, 1.807) is 0 Å². The highest BCUT2D eigenvalue weighted by atomic mass is 19.4. The fraction of sp³-hybridized carbons (Fsp3) is 0.520. The number of halogens is 4. The molecule has 1 aromatic rings. The molecule has 3 saturated carbocycles. The molecule has 9 nitrogen and oxygen atoms in total. The van der Waals surface area contributed by atoms with Crippen molar-refractivity contribution in [2.45, 2.75) is 51.2 Å². The van der Waals surface area contributed by atoms with E-state index < -0.39 is 35.7 Å². The molecule has 5 aliphatic rings. The summed E-state index contributed by atoms with van der Waals surface area (Å²) < 4.78 is 53.1. The number of nitrogens with one attached hydrogen (secondary N) is 1. The monoisotopic (exact) mass is 538 g/mol. The highest BCUT2D eigenvalue weighted by Gasteiger charge is 2.61. The van der Waals surface area contributed by atoms with Gasteiger partial charge in [0.1, 0.15) is 12.4 Å². The number of piperazine rings is 1. The van der Waals surface area contributed by atoms with Gasteiger partial charge in [0.15, 0.2) is 0 Å². The molecule has 1 N–H and O–H groups in total. The van der Waals surface area contributed by atoms with Crippen molar-refractivity contribution in [1.29, 1.82) is 0 Å². The average molecular weight is 538 g/mol. The van der Waals surface area contributed by atoms with Crippen LogP contribution in [-0.4, -0.2) is 70.0 Å². The summed E-state index contributed by atoms with van der Waals surface area (Å²) in [6.45, 7) is 3.50. The second kappa shape index (κ2) is 8.98. The molecule has 2 aliphatic heterocycles. The van der Waals surface area contributed by atoms with E-state index >= 15 is 0 Å². The number of nitrogens with zero attached hydrogens (tertiary/aromatic N) is 3. The number of carbonyl (C=O) groups excluding carboxylic acids is 4. The molecule has 2 heterocycles. The van der Waals surface area contributed by atoms with Gasteiger partial charge >= 0.3 is 12.1 Å². The molecule has 38 heavy (non-hydrogen) atoms. The Hall–Kier alpha value is -3.64. The molecule has 0 spiro atoms. The lowest BCUT2D eigenvalue weighted by molar-refractivity contribution is -0.242. The van der Waals surface area contributed by atoms with Crippen LogP contribution in [0.15, 0.2) is 29.5 Å². The van der Waals surface area contributed by atoms with Crippen LogP contribution in [0.3, 0.4) is 0 Å². The van der Waals surface area contributed by atoms with E-state index in [1.165, 1.54) is 30.9 Å². The number of carbonyl (C=O) groups is 4. The molecule has 1 unspecified atom stereocenters. The lowest BCUT2D eigenvalue weighted by Gasteiger charge is -2.67. The van der Waals surface area contributed by atoms with Crippen molar-refractivity contribution >= 4 is 23.7 Å². The van der Waals surface area contributed by atoms with E-state index in [0.29, 0.717) is 28.8 Å². The van der Waals surface area contributed by atoms with Gasteiger partial charge in [0.25, 0.3) is 5.91 Å². The molecule has 1 atom stereocenters. The second-order valence-corrected chi connectivity index (χ2v) is 10.5. The summed E-state index contributed by atoms with van der Waals surface area (Å²) in [7, 11) is 0. The predicted octanol–water partition coefficient (Wildman–Crippen LogP) is 2.48. The summed E-state index contributed by atoms with van der Waals surface area (Å²) in [5.41, 5.74) is 2.42. The Bertz CT molecular complexity index is 1250. The van der Waals surface area contributed by atoms with E-state index in [2.05, 4.69) is 10.3 Å². The fourth-order valence-corrected chi connectivity index (χ4v) is 5.62.